The van der Waals surface area contributed by atoms with Gasteiger partial charge in [-0.1, -0.05) is 13.8 Å². The van der Waals surface area contributed by atoms with Gasteiger partial charge >= 0.3 is 6.09 Å². The number of rotatable bonds is 2. The molecule has 1 saturated heterocycles. The maximum absolute atomic E-state index is 12.1. The van der Waals surface area contributed by atoms with Crippen molar-refractivity contribution < 1.29 is 19.4 Å². The molecule has 106 valence electrons. The van der Waals surface area contributed by atoms with Crippen molar-refractivity contribution in [1.29, 1.82) is 0 Å². The first-order chi connectivity index (χ1) is 8.24. The summed E-state index contributed by atoms with van der Waals surface area (Å²) in [6, 6.07) is -0.310. The zero-order valence-corrected chi connectivity index (χ0v) is 12.0. The molecular weight excluding hydrogens is 234 g/mol. The number of carbonyl (C=O) groups is 1. The Kier molecular flexibility index (Phi) is 4.99. The minimum absolute atomic E-state index is 0.000295. The lowest BCUT2D eigenvalue weighted by atomic mass is 10.0. The van der Waals surface area contributed by atoms with Crippen LogP contribution < -0.4 is 0 Å². The summed E-state index contributed by atoms with van der Waals surface area (Å²) in [4.78, 5) is 13.7. The Hall–Kier alpha value is -0.810. The van der Waals surface area contributed by atoms with Crippen LogP contribution in [0.4, 0.5) is 4.79 Å². The number of carbonyl (C=O) groups excluding carboxylic acids is 1. The number of morpholine rings is 1. The predicted octanol–water partition coefficient (Wildman–Crippen LogP) is 1.64. The molecule has 18 heavy (non-hydrogen) atoms. The third kappa shape index (κ3) is 4.14. The highest BCUT2D eigenvalue weighted by atomic mass is 16.6. The van der Waals surface area contributed by atoms with E-state index in [4.69, 9.17) is 9.47 Å². The Balaban J connectivity index is 2.71. The van der Waals surface area contributed by atoms with Gasteiger partial charge in [-0.3, -0.25) is 4.90 Å². The largest absolute Gasteiger partial charge is 0.444 e. The van der Waals surface area contributed by atoms with Crippen LogP contribution in [0.2, 0.25) is 0 Å². The van der Waals surface area contributed by atoms with E-state index in [1.165, 1.54) is 0 Å². The van der Waals surface area contributed by atoms with Gasteiger partial charge in [-0.25, -0.2) is 4.79 Å². The van der Waals surface area contributed by atoms with Gasteiger partial charge in [0.05, 0.1) is 31.9 Å². The molecular formula is C13H25NO4. The molecule has 5 heteroatoms. The van der Waals surface area contributed by atoms with Crippen LogP contribution in [0.5, 0.6) is 0 Å². The van der Waals surface area contributed by atoms with Crippen LogP contribution in [0.25, 0.3) is 0 Å². The topological polar surface area (TPSA) is 59.0 Å². The summed E-state index contributed by atoms with van der Waals surface area (Å²) in [5.74, 6) is 0.328. The highest BCUT2D eigenvalue weighted by Gasteiger charge is 2.35. The second-order valence-corrected chi connectivity index (χ2v) is 6.08. The number of hydrogen-bond donors (Lipinski definition) is 1. The van der Waals surface area contributed by atoms with Crippen molar-refractivity contribution in [2.24, 2.45) is 5.92 Å². The molecule has 0 aliphatic carbocycles. The van der Waals surface area contributed by atoms with Crippen LogP contribution >= 0.6 is 0 Å². The van der Waals surface area contributed by atoms with Crippen molar-refractivity contribution in [3.8, 4) is 0 Å². The van der Waals surface area contributed by atoms with Crippen LogP contribution in [-0.2, 0) is 9.47 Å². The van der Waals surface area contributed by atoms with E-state index in [2.05, 4.69) is 13.8 Å². The van der Waals surface area contributed by atoms with Gasteiger partial charge in [0.25, 0.3) is 0 Å². The smallest absolute Gasteiger partial charge is 0.410 e. The second kappa shape index (κ2) is 5.89. The van der Waals surface area contributed by atoms with Gasteiger partial charge in [0.15, 0.2) is 0 Å². The SMILES string of the molecule is CC(C)C1CN(C(=O)OC(C)(C)C)[C@@H](CO)CO1. The summed E-state index contributed by atoms with van der Waals surface area (Å²) in [5.41, 5.74) is -0.525. The van der Waals surface area contributed by atoms with Gasteiger partial charge in [0, 0.05) is 0 Å². The van der Waals surface area contributed by atoms with E-state index in [9.17, 15) is 9.90 Å². The molecule has 1 aliphatic rings. The number of hydrogen-bond acceptors (Lipinski definition) is 4. The normalized spacial score (nSPS) is 25.4. The summed E-state index contributed by atoms with van der Waals surface area (Å²) in [6.07, 6.45) is -0.379. The van der Waals surface area contributed by atoms with Crippen LogP contribution in [0.1, 0.15) is 34.6 Å². The first kappa shape index (κ1) is 15.2. The fourth-order valence-corrected chi connectivity index (χ4v) is 1.82. The number of amides is 1. The van der Waals surface area contributed by atoms with Crippen LogP contribution in [0, 0.1) is 5.92 Å². The van der Waals surface area contributed by atoms with E-state index in [1.807, 2.05) is 20.8 Å². The fraction of sp³-hybridized carbons (Fsp3) is 0.923. The number of aliphatic hydroxyl groups excluding tert-OH is 1. The molecule has 0 bridgehead atoms. The van der Waals surface area contributed by atoms with Gasteiger partial charge in [-0.05, 0) is 26.7 Å². The maximum atomic E-state index is 12.1. The quantitative estimate of drug-likeness (QED) is 0.819. The third-order valence-electron chi connectivity index (χ3n) is 2.90. The molecule has 1 heterocycles. The Morgan fingerprint density at radius 2 is 2.11 bits per heavy atom. The first-order valence-electron chi connectivity index (χ1n) is 6.46. The monoisotopic (exact) mass is 259 g/mol. The maximum Gasteiger partial charge on any atom is 0.410 e. The van der Waals surface area contributed by atoms with Crippen LogP contribution in [0.3, 0.4) is 0 Å². The van der Waals surface area contributed by atoms with E-state index in [0.717, 1.165) is 0 Å². The van der Waals surface area contributed by atoms with Gasteiger partial charge in [0.2, 0.25) is 0 Å². The fourth-order valence-electron chi connectivity index (χ4n) is 1.82. The molecule has 0 aromatic heterocycles. The summed E-state index contributed by atoms with van der Waals surface area (Å²) in [7, 11) is 0. The molecule has 0 spiro atoms. The zero-order valence-electron chi connectivity index (χ0n) is 12.0. The van der Waals surface area contributed by atoms with Crippen molar-refractivity contribution in [1.82, 2.24) is 4.90 Å². The van der Waals surface area contributed by atoms with E-state index in [-0.39, 0.29) is 24.8 Å². The van der Waals surface area contributed by atoms with Gasteiger partial charge in [-0.15, -0.1) is 0 Å². The zero-order chi connectivity index (χ0) is 13.9. The summed E-state index contributed by atoms with van der Waals surface area (Å²) in [6.45, 7) is 10.3. The van der Waals surface area contributed by atoms with Gasteiger partial charge in [-0.2, -0.15) is 0 Å². The third-order valence-corrected chi connectivity index (χ3v) is 2.90. The van der Waals surface area contributed by atoms with Crippen molar-refractivity contribution in [3.05, 3.63) is 0 Å². The van der Waals surface area contributed by atoms with Gasteiger partial charge in [0.1, 0.15) is 5.60 Å². The number of aliphatic hydroxyl groups is 1. The minimum atomic E-state index is -0.525. The van der Waals surface area contributed by atoms with Gasteiger partial charge < -0.3 is 14.6 Å². The Morgan fingerprint density at radius 1 is 1.50 bits per heavy atom. The highest BCUT2D eigenvalue weighted by molar-refractivity contribution is 5.68. The lowest BCUT2D eigenvalue weighted by Gasteiger charge is -2.40. The standard InChI is InChI=1S/C13H25NO4/c1-9(2)11-6-14(10(7-15)8-17-11)12(16)18-13(3,4)5/h9-11,15H,6-8H2,1-5H3/t10-,11?/m0/s1. The highest BCUT2D eigenvalue weighted by Crippen LogP contribution is 2.20. The summed E-state index contributed by atoms with van der Waals surface area (Å²) < 4.78 is 11.0. The molecule has 1 fully saturated rings. The van der Waals surface area contributed by atoms with Crippen LogP contribution in [0.15, 0.2) is 0 Å². The van der Waals surface area contributed by atoms with E-state index in [1.54, 1.807) is 4.90 Å². The Morgan fingerprint density at radius 3 is 2.56 bits per heavy atom. The molecule has 0 aromatic carbocycles. The molecule has 1 rings (SSSR count). The molecule has 0 aromatic rings. The second-order valence-electron chi connectivity index (χ2n) is 6.08. The Bertz CT molecular complexity index is 285. The number of nitrogens with zero attached hydrogens (tertiary/aromatic N) is 1. The van der Waals surface area contributed by atoms with E-state index < -0.39 is 5.60 Å². The van der Waals surface area contributed by atoms with Crippen molar-refractivity contribution in [2.45, 2.75) is 52.4 Å². The van der Waals surface area contributed by atoms with Crippen molar-refractivity contribution in [2.75, 3.05) is 19.8 Å². The summed E-state index contributed by atoms with van der Waals surface area (Å²) in [5, 5.41) is 9.30. The average Bonchev–Trinajstić information content (AvgIpc) is 2.25. The molecule has 0 saturated carbocycles. The minimum Gasteiger partial charge on any atom is -0.444 e. The summed E-state index contributed by atoms with van der Waals surface area (Å²) >= 11 is 0. The van der Waals surface area contributed by atoms with E-state index >= 15 is 0 Å². The first-order valence-corrected chi connectivity index (χ1v) is 6.46. The predicted molar refractivity (Wildman–Crippen MR) is 68.4 cm³/mol. The van der Waals surface area contributed by atoms with Crippen molar-refractivity contribution >= 4 is 6.09 Å². The lowest BCUT2D eigenvalue weighted by Crippen LogP contribution is -2.55. The Labute approximate surface area is 109 Å². The molecule has 0 radical (unpaired) electrons. The molecule has 2 atom stereocenters. The molecule has 1 aliphatic heterocycles. The number of ether oxygens (including phenoxy) is 2. The van der Waals surface area contributed by atoms with Crippen LogP contribution in [-0.4, -0.2) is 53.6 Å². The van der Waals surface area contributed by atoms with Crippen molar-refractivity contribution in [3.63, 3.8) is 0 Å². The lowest BCUT2D eigenvalue weighted by molar-refractivity contribution is -0.0937. The molecule has 1 unspecified atom stereocenters. The average molecular weight is 259 g/mol. The molecule has 5 nitrogen and oxygen atoms in total. The molecule has 1 N–H and O–H groups in total. The molecule has 1 amide bonds. The van der Waals surface area contributed by atoms with E-state index in [0.29, 0.717) is 19.1 Å².